The van der Waals surface area contributed by atoms with Gasteiger partial charge in [0.15, 0.2) is 5.69 Å². The number of carbonyl (C=O) groups is 1. The number of carbonyl (C=O) groups excluding carboxylic acids is 1. The van der Waals surface area contributed by atoms with Gasteiger partial charge in [0.05, 0.1) is 15.7 Å². The number of urea groups is 1. The zero-order valence-electron chi connectivity index (χ0n) is 19.2. The highest BCUT2D eigenvalue weighted by Gasteiger charge is 2.34. The van der Waals surface area contributed by atoms with Crippen molar-refractivity contribution in [2.24, 2.45) is 0 Å². The van der Waals surface area contributed by atoms with Gasteiger partial charge in [0, 0.05) is 44.5 Å². The van der Waals surface area contributed by atoms with Crippen LogP contribution in [0.25, 0.3) is 0 Å². The van der Waals surface area contributed by atoms with Crippen LogP contribution in [0.1, 0.15) is 11.3 Å². The maximum absolute atomic E-state index is 13.0. The van der Waals surface area contributed by atoms with Crippen LogP contribution in [0.2, 0.25) is 10.0 Å². The minimum Gasteiger partial charge on any atom is -0.368 e. The van der Waals surface area contributed by atoms with E-state index in [1.165, 1.54) is 0 Å². The van der Waals surface area contributed by atoms with Gasteiger partial charge in [-0.1, -0.05) is 41.4 Å². The fourth-order valence-corrected chi connectivity index (χ4v) is 4.23. The van der Waals surface area contributed by atoms with Crippen LogP contribution in [0.5, 0.6) is 0 Å². The zero-order chi connectivity index (χ0) is 25.9. The van der Waals surface area contributed by atoms with Crippen molar-refractivity contribution in [1.82, 2.24) is 14.9 Å². The van der Waals surface area contributed by atoms with Gasteiger partial charge < -0.3 is 21.3 Å². The molecule has 37 heavy (non-hydrogen) atoms. The summed E-state index contributed by atoms with van der Waals surface area (Å²) in [5.41, 5.74) is 6.37. The number of anilines is 4. The van der Waals surface area contributed by atoms with Crippen molar-refractivity contribution >= 4 is 64.8 Å². The Bertz CT molecular complexity index is 1220. The molecule has 198 valence electrons. The number of amides is 2. The average molecular weight is 577 g/mol. The molecule has 2 aromatic carbocycles. The summed E-state index contributed by atoms with van der Waals surface area (Å²) in [4.78, 5) is 23.5. The van der Waals surface area contributed by atoms with Crippen LogP contribution < -0.4 is 21.3 Å². The number of hydrogen-bond acceptors (Lipinski definition) is 6. The Hall–Kier alpha value is -2.99. The van der Waals surface area contributed by atoms with Crippen LogP contribution in [-0.4, -0.2) is 47.1 Å². The van der Waals surface area contributed by atoms with Gasteiger partial charge in [-0.15, -0.1) is 12.4 Å². The zero-order valence-corrected chi connectivity index (χ0v) is 21.6. The lowest BCUT2D eigenvalue weighted by Crippen LogP contribution is -2.46. The second-order valence-corrected chi connectivity index (χ2v) is 8.92. The van der Waals surface area contributed by atoms with E-state index in [0.717, 1.165) is 11.6 Å². The molecule has 4 rings (SSSR count). The van der Waals surface area contributed by atoms with Crippen LogP contribution in [0.4, 0.5) is 41.1 Å². The number of nitrogens with zero attached hydrogens (tertiary/aromatic N) is 4. The molecular weight excluding hydrogens is 554 g/mol. The van der Waals surface area contributed by atoms with E-state index in [9.17, 15) is 18.0 Å². The molecule has 14 heteroatoms. The molecule has 3 aromatic rings. The largest absolute Gasteiger partial charge is 0.433 e. The smallest absolute Gasteiger partial charge is 0.368 e. The predicted molar refractivity (Wildman–Crippen MR) is 142 cm³/mol. The first-order chi connectivity index (χ1) is 17.1. The molecule has 1 aromatic heterocycles. The van der Waals surface area contributed by atoms with E-state index in [4.69, 9.17) is 28.9 Å². The summed E-state index contributed by atoms with van der Waals surface area (Å²) in [6.45, 7) is 2.91. The van der Waals surface area contributed by atoms with Crippen molar-refractivity contribution in [3.63, 3.8) is 0 Å². The van der Waals surface area contributed by atoms with Crippen LogP contribution >= 0.6 is 35.6 Å². The summed E-state index contributed by atoms with van der Waals surface area (Å²) in [6.07, 6.45) is -4.59. The highest BCUT2D eigenvalue weighted by atomic mass is 35.5. The third-order valence-electron chi connectivity index (χ3n) is 5.54. The Labute approximate surface area is 227 Å². The number of nitrogens with one attached hydrogen (secondary N) is 2. The lowest BCUT2D eigenvalue weighted by molar-refractivity contribution is -0.141. The fourth-order valence-electron chi connectivity index (χ4n) is 3.74. The van der Waals surface area contributed by atoms with Crippen molar-refractivity contribution in [2.45, 2.75) is 12.7 Å². The maximum Gasteiger partial charge on any atom is 0.433 e. The van der Waals surface area contributed by atoms with Gasteiger partial charge in [-0.2, -0.15) is 18.2 Å². The van der Waals surface area contributed by atoms with E-state index in [1.807, 2.05) is 12.1 Å². The van der Waals surface area contributed by atoms with Gasteiger partial charge in [0.1, 0.15) is 5.82 Å². The highest BCUT2D eigenvalue weighted by Crippen LogP contribution is 2.31. The summed E-state index contributed by atoms with van der Waals surface area (Å²) in [6, 6.07) is 12.7. The van der Waals surface area contributed by atoms with Crippen LogP contribution in [0, 0.1) is 0 Å². The van der Waals surface area contributed by atoms with E-state index < -0.39 is 23.8 Å². The number of alkyl halides is 3. The minimum atomic E-state index is -4.59. The average Bonchev–Trinajstić information content (AvgIpc) is 2.82. The number of piperazine rings is 1. The van der Waals surface area contributed by atoms with E-state index in [1.54, 1.807) is 35.2 Å². The molecule has 8 nitrogen and oxygen atoms in total. The summed E-state index contributed by atoms with van der Waals surface area (Å²) >= 11 is 12.1. The second-order valence-electron chi connectivity index (χ2n) is 8.10. The molecule has 0 aliphatic carbocycles. The third-order valence-corrected chi connectivity index (χ3v) is 6.17. The third kappa shape index (κ3) is 7.51. The van der Waals surface area contributed by atoms with Crippen molar-refractivity contribution < 1.29 is 18.0 Å². The first-order valence-corrected chi connectivity index (χ1v) is 11.6. The number of para-hydroxylation sites is 1. The summed E-state index contributed by atoms with van der Waals surface area (Å²) in [7, 11) is 0. The molecule has 2 amide bonds. The second kappa shape index (κ2) is 12.0. The number of halogens is 6. The van der Waals surface area contributed by atoms with E-state index in [0.29, 0.717) is 54.1 Å². The molecule has 1 aliphatic rings. The summed E-state index contributed by atoms with van der Waals surface area (Å²) in [5.74, 6) is -0.235. The van der Waals surface area contributed by atoms with Gasteiger partial charge in [-0.3, -0.25) is 4.90 Å². The Balaban J connectivity index is 0.00000380. The standard InChI is InChI=1S/C23H22Cl2F3N7O.ClH/c24-16-2-1-3-17(25)20(16)33-22(36)30-15-6-4-14(5-7-15)13-34-8-10-35(11-9-34)19-12-18(23(26,27)28)31-21(29)32-19;/h1-7,12H,8-11,13H2,(H2,29,31,32)(H2,30,33,36);1H. The Morgan fingerprint density at radius 3 is 2.19 bits per heavy atom. The lowest BCUT2D eigenvalue weighted by Gasteiger charge is -2.35. The summed E-state index contributed by atoms with van der Waals surface area (Å²) in [5, 5.41) is 6.02. The molecule has 0 atom stereocenters. The minimum absolute atomic E-state index is 0. The van der Waals surface area contributed by atoms with Crippen LogP contribution in [-0.2, 0) is 12.7 Å². The number of nitrogens with two attached hydrogens (primary N) is 1. The Morgan fingerprint density at radius 1 is 0.973 bits per heavy atom. The van der Waals surface area contributed by atoms with Crippen molar-refractivity contribution in [3.8, 4) is 0 Å². The topological polar surface area (TPSA) is 99.4 Å². The molecule has 0 radical (unpaired) electrons. The van der Waals surface area contributed by atoms with Gasteiger partial charge in [0.25, 0.3) is 0 Å². The predicted octanol–water partition coefficient (Wildman–Crippen LogP) is 5.77. The van der Waals surface area contributed by atoms with Gasteiger partial charge in [-0.05, 0) is 29.8 Å². The monoisotopic (exact) mass is 575 g/mol. The molecule has 4 N–H and O–H groups in total. The van der Waals surface area contributed by atoms with Gasteiger partial charge in [-0.25, -0.2) is 9.78 Å². The molecule has 1 aliphatic heterocycles. The van der Waals surface area contributed by atoms with E-state index in [-0.39, 0.29) is 18.2 Å². The number of benzene rings is 2. The molecular formula is C23H23Cl3F3N7O. The SMILES string of the molecule is Cl.Nc1nc(N2CCN(Cc3ccc(NC(=O)Nc4c(Cl)cccc4Cl)cc3)CC2)cc(C(F)(F)F)n1. The number of hydrogen-bond donors (Lipinski definition) is 3. The first-order valence-electron chi connectivity index (χ1n) is 10.9. The summed E-state index contributed by atoms with van der Waals surface area (Å²) < 4.78 is 39.1. The normalized spacial score (nSPS) is 14.1. The quantitative estimate of drug-likeness (QED) is 0.357. The van der Waals surface area contributed by atoms with Gasteiger partial charge >= 0.3 is 12.2 Å². The van der Waals surface area contributed by atoms with Crippen molar-refractivity contribution in [3.05, 3.63) is 69.8 Å². The molecule has 1 fully saturated rings. The van der Waals surface area contributed by atoms with Crippen molar-refractivity contribution in [1.29, 1.82) is 0 Å². The first kappa shape index (κ1) is 28.6. The molecule has 0 unspecified atom stereocenters. The molecule has 2 heterocycles. The number of rotatable bonds is 5. The number of nitrogen functional groups attached to an aromatic ring is 1. The molecule has 0 saturated carbocycles. The Morgan fingerprint density at radius 2 is 1.59 bits per heavy atom. The van der Waals surface area contributed by atoms with Gasteiger partial charge in [0.2, 0.25) is 5.95 Å². The van der Waals surface area contributed by atoms with E-state index in [2.05, 4.69) is 25.5 Å². The lowest BCUT2D eigenvalue weighted by atomic mass is 10.1. The van der Waals surface area contributed by atoms with Crippen LogP contribution in [0.3, 0.4) is 0 Å². The molecule has 0 spiro atoms. The van der Waals surface area contributed by atoms with E-state index >= 15 is 0 Å². The maximum atomic E-state index is 13.0. The molecule has 1 saturated heterocycles. The molecule has 0 bridgehead atoms. The highest BCUT2D eigenvalue weighted by molar-refractivity contribution is 6.39. The van der Waals surface area contributed by atoms with Crippen LogP contribution in [0.15, 0.2) is 48.5 Å². The van der Waals surface area contributed by atoms with Crippen molar-refractivity contribution in [2.75, 3.05) is 47.4 Å². The fraction of sp³-hybridized carbons (Fsp3) is 0.261. The number of aromatic nitrogens is 2. The Kier molecular flexibility index (Phi) is 9.30.